The summed E-state index contributed by atoms with van der Waals surface area (Å²) in [6.45, 7) is 2.05. The fraction of sp³-hybridized carbons (Fsp3) is 0.304. The standard InChI is InChI=1S/C23H22F3N3O3/c24-23(25,26)32-20-3-1-2-16(11-20)18-10-17-4-5-19(12-21(17)27-14-18)29-22(30)28-13-15-6-8-31-9-7-15/h1-5,10-12,14-15H,6-9,13H2,(H2,28,29,30). The summed E-state index contributed by atoms with van der Waals surface area (Å²) in [6.07, 6.45) is -1.30. The maximum Gasteiger partial charge on any atom is 0.573 e. The Morgan fingerprint density at radius 2 is 1.91 bits per heavy atom. The number of rotatable bonds is 5. The first-order valence-corrected chi connectivity index (χ1v) is 10.2. The van der Waals surface area contributed by atoms with E-state index in [-0.39, 0.29) is 11.8 Å². The SMILES string of the molecule is O=C(NCC1CCOCC1)Nc1ccc2cc(-c3cccc(OC(F)(F)F)c3)cnc2c1. The highest BCUT2D eigenvalue weighted by molar-refractivity contribution is 5.93. The molecule has 0 radical (unpaired) electrons. The Hall–Kier alpha value is -3.33. The van der Waals surface area contributed by atoms with Crippen molar-refractivity contribution in [2.24, 2.45) is 5.92 Å². The molecule has 9 heteroatoms. The summed E-state index contributed by atoms with van der Waals surface area (Å²) >= 11 is 0. The molecule has 1 fully saturated rings. The molecule has 0 atom stereocenters. The van der Waals surface area contributed by atoms with Gasteiger partial charge in [0, 0.05) is 42.6 Å². The second-order valence-electron chi connectivity index (χ2n) is 7.60. The quantitative estimate of drug-likeness (QED) is 0.556. The molecule has 4 rings (SSSR count). The van der Waals surface area contributed by atoms with Crippen LogP contribution in [-0.4, -0.2) is 37.1 Å². The first-order valence-electron chi connectivity index (χ1n) is 10.2. The van der Waals surface area contributed by atoms with Crippen LogP contribution in [0.15, 0.2) is 54.7 Å². The van der Waals surface area contributed by atoms with Crippen LogP contribution in [0.25, 0.3) is 22.0 Å². The molecule has 2 aromatic carbocycles. The van der Waals surface area contributed by atoms with E-state index in [2.05, 4.69) is 20.4 Å². The van der Waals surface area contributed by atoms with Gasteiger partial charge in [-0.1, -0.05) is 18.2 Å². The largest absolute Gasteiger partial charge is 0.573 e. The van der Waals surface area contributed by atoms with Crippen LogP contribution >= 0.6 is 0 Å². The molecule has 0 unspecified atom stereocenters. The monoisotopic (exact) mass is 445 g/mol. The molecule has 3 aromatic rings. The Labute approximate surface area is 182 Å². The second kappa shape index (κ2) is 9.44. The number of ether oxygens (including phenoxy) is 2. The van der Waals surface area contributed by atoms with Crippen molar-refractivity contribution in [2.75, 3.05) is 25.1 Å². The predicted molar refractivity (Wildman–Crippen MR) is 114 cm³/mol. The number of fused-ring (bicyclic) bond motifs is 1. The van der Waals surface area contributed by atoms with Crippen molar-refractivity contribution in [2.45, 2.75) is 19.2 Å². The van der Waals surface area contributed by atoms with Crippen molar-refractivity contribution in [3.05, 3.63) is 54.7 Å². The maximum absolute atomic E-state index is 12.5. The highest BCUT2D eigenvalue weighted by atomic mass is 19.4. The smallest absolute Gasteiger partial charge is 0.406 e. The summed E-state index contributed by atoms with van der Waals surface area (Å²) < 4.78 is 46.8. The number of anilines is 1. The lowest BCUT2D eigenvalue weighted by molar-refractivity contribution is -0.274. The minimum absolute atomic E-state index is 0.283. The summed E-state index contributed by atoms with van der Waals surface area (Å²) in [5, 5.41) is 6.48. The normalized spacial score (nSPS) is 14.8. The van der Waals surface area contributed by atoms with E-state index in [9.17, 15) is 18.0 Å². The molecule has 168 valence electrons. The number of nitrogens with zero attached hydrogens (tertiary/aromatic N) is 1. The number of hydrogen-bond donors (Lipinski definition) is 2. The number of amides is 2. The van der Waals surface area contributed by atoms with Gasteiger partial charge in [0.2, 0.25) is 0 Å². The van der Waals surface area contributed by atoms with Crippen molar-refractivity contribution in [3.8, 4) is 16.9 Å². The van der Waals surface area contributed by atoms with E-state index in [0.717, 1.165) is 31.4 Å². The van der Waals surface area contributed by atoms with Crippen LogP contribution in [0.3, 0.4) is 0 Å². The van der Waals surface area contributed by atoms with Gasteiger partial charge in [0.25, 0.3) is 0 Å². The molecule has 6 nitrogen and oxygen atoms in total. The molecular formula is C23H22F3N3O3. The van der Waals surface area contributed by atoms with Crippen LogP contribution in [0.1, 0.15) is 12.8 Å². The van der Waals surface area contributed by atoms with Gasteiger partial charge >= 0.3 is 12.4 Å². The van der Waals surface area contributed by atoms with Crippen molar-refractivity contribution in [1.29, 1.82) is 0 Å². The Balaban J connectivity index is 1.43. The van der Waals surface area contributed by atoms with Gasteiger partial charge < -0.3 is 20.1 Å². The highest BCUT2D eigenvalue weighted by Gasteiger charge is 2.31. The van der Waals surface area contributed by atoms with Crippen LogP contribution in [0, 0.1) is 5.92 Å². The number of carbonyl (C=O) groups excluding carboxylic acids is 1. The number of halogens is 3. The predicted octanol–water partition coefficient (Wildman–Crippen LogP) is 5.35. The Morgan fingerprint density at radius 1 is 1.09 bits per heavy atom. The van der Waals surface area contributed by atoms with Crippen LogP contribution in [0.4, 0.5) is 23.7 Å². The molecule has 1 saturated heterocycles. The zero-order chi connectivity index (χ0) is 22.6. The van der Waals surface area contributed by atoms with Gasteiger partial charge in [-0.05, 0) is 54.7 Å². The molecule has 1 aromatic heterocycles. The minimum Gasteiger partial charge on any atom is -0.406 e. The van der Waals surface area contributed by atoms with Crippen molar-refractivity contribution in [3.63, 3.8) is 0 Å². The van der Waals surface area contributed by atoms with E-state index in [1.54, 1.807) is 30.5 Å². The first-order chi connectivity index (χ1) is 15.4. The van der Waals surface area contributed by atoms with E-state index in [1.807, 2.05) is 6.07 Å². The number of urea groups is 1. The van der Waals surface area contributed by atoms with E-state index < -0.39 is 6.36 Å². The van der Waals surface area contributed by atoms with Gasteiger partial charge in [-0.25, -0.2) is 4.79 Å². The zero-order valence-electron chi connectivity index (χ0n) is 17.1. The average Bonchev–Trinajstić information content (AvgIpc) is 2.77. The Kier molecular flexibility index (Phi) is 6.45. The topological polar surface area (TPSA) is 72.5 Å². The number of alkyl halides is 3. The van der Waals surface area contributed by atoms with Crippen molar-refractivity contribution in [1.82, 2.24) is 10.3 Å². The molecule has 0 spiro atoms. The number of benzene rings is 2. The molecule has 2 N–H and O–H groups in total. The molecule has 32 heavy (non-hydrogen) atoms. The van der Waals surface area contributed by atoms with Gasteiger partial charge in [-0.2, -0.15) is 0 Å². The van der Waals surface area contributed by atoms with Crippen LogP contribution < -0.4 is 15.4 Å². The number of hydrogen-bond acceptors (Lipinski definition) is 4. The fourth-order valence-electron chi connectivity index (χ4n) is 3.59. The molecular weight excluding hydrogens is 423 g/mol. The van der Waals surface area contributed by atoms with Crippen LogP contribution in [-0.2, 0) is 4.74 Å². The van der Waals surface area contributed by atoms with Crippen LogP contribution in [0.5, 0.6) is 5.75 Å². The summed E-state index contributed by atoms with van der Waals surface area (Å²) in [5.74, 6) is 0.132. The number of carbonyl (C=O) groups is 1. The average molecular weight is 445 g/mol. The van der Waals surface area contributed by atoms with E-state index >= 15 is 0 Å². The van der Waals surface area contributed by atoms with Crippen molar-refractivity contribution < 1.29 is 27.4 Å². The zero-order valence-corrected chi connectivity index (χ0v) is 17.1. The Bertz CT molecular complexity index is 1100. The molecule has 2 amide bonds. The minimum atomic E-state index is -4.75. The van der Waals surface area contributed by atoms with Gasteiger partial charge in [-0.15, -0.1) is 13.2 Å². The third kappa shape index (κ3) is 5.88. The van der Waals surface area contributed by atoms with Gasteiger partial charge in [0.15, 0.2) is 0 Å². The molecule has 1 aliphatic rings. The lowest BCUT2D eigenvalue weighted by Crippen LogP contribution is -2.35. The van der Waals surface area contributed by atoms with Crippen LogP contribution in [0.2, 0.25) is 0 Å². The lowest BCUT2D eigenvalue weighted by atomic mass is 10.0. The summed E-state index contributed by atoms with van der Waals surface area (Å²) in [4.78, 5) is 16.6. The molecule has 0 saturated carbocycles. The summed E-state index contributed by atoms with van der Waals surface area (Å²) in [6, 6.07) is 12.6. The third-order valence-corrected chi connectivity index (χ3v) is 5.24. The second-order valence-corrected chi connectivity index (χ2v) is 7.60. The van der Waals surface area contributed by atoms with Gasteiger partial charge in [0.1, 0.15) is 5.75 Å². The van der Waals surface area contributed by atoms with E-state index in [1.165, 1.54) is 18.2 Å². The third-order valence-electron chi connectivity index (χ3n) is 5.24. The highest BCUT2D eigenvalue weighted by Crippen LogP contribution is 2.29. The summed E-state index contributed by atoms with van der Waals surface area (Å²) in [5.41, 5.74) is 2.46. The maximum atomic E-state index is 12.5. The van der Waals surface area contributed by atoms with E-state index in [0.29, 0.717) is 34.8 Å². The van der Waals surface area contributed by atoms with Crippen molar-refractivity contribution >= 4 is 22.6 Å². The van der Waals surface area contributed by atoms with Gasteiger partial charge in [-0.3, -0.25) is 4.98 Å². The molecule has 0 bridgehead atoms. The molecule has 2 heterocycles. The first kappa shape index (κ1) is 21.9. The Morgan fingerprint density at radius 3 is 2.69 bits per heavy atom. The number of aromatic nitrogens is 1. The van der Waals surface area contributed by atoms with E-state index in [4.69, 9.17) is 4.74 Å². The van der Waals surface area contributed by atoms with Gasteiger partial charge in [0.05, 0.1) is 5.52 Å². The number of pyridine rings is 1. The molecule has 0 aliphatic carbocycles. The fourth-order valence-corrected chi connectivity index (χ4v) is 3.59. The molecule has 1 aliphatic heterocycles. The summed E-state index contributed by atoms with van der Waals surface area (Å²) in [7, 11) is 0. The lowest BCUT2D eigenvalue weighted by Gasteiger charge is -2.22. The number of nitrogens with one attached hydrogen (secondary N) is 2.